The van der Waals surface area contributed by atoms with Crippen LogP contribution in [0, 0.1) is 0 Å². The second-order valence-corrected chi connectivity index (χ2v) is 7.61. The number of aliphatic carboxylic acids is 1. The van der Waals surface area contributed by atoms with Crippen molar-refractivity contribution in [2.24, 2.45) is 7.05 Å². The Morgan fingerprint density at radius 2 is 1.61 bits per heavy atom. The molecule has 0 saturated carbocycles. The molecular formula is C23H25N3O5. The molecule has 0 amide bonds. The van der Waals surface area contributed by atoms with Gasteiger partial charge in [0.05, 0.1) is 7.11 Å². The maximum Gasteiger partial charge on any atom is 0.352 e. The van der Waals surface area contributed by atoms with Crippen LogP contribution in [0.5, 0.6) is 5.75 Å². The first-order valence-electron chi connectivity index (χ1n) is 10.1. The van der Waals surface area contributed by atoms with Gasteiger partial charge in [-0.2, -0.15) is 0 Å². The first kappa shape index (κ1) is 20.7. The molecule has 3 aromatic rings. The average molecular weight is 423 g/mol. The van der Waals surface area contributed by atoms with E-state index >= 15 is 0 Å². The van der Waals surface area contributed by atoms with Gasteiger partial charge in [-0.05, 0) is 30.3 Å². The summed E-state index contributed by atoms with van der Waals surface area (Å²) in [5, 5.41) is 20.6. The molecule has 8 heteroatoms. The van der Waals surface area contributed by atoms with Crippen molar-refractivity contribution in [3.8, 4) is 5.75 Å². The van der Waals surface area contributed by atoms with Gasteiger partial charge in [0.25, 0.3) is 0 Å². The number of rotatable bonds is 6. The molecule has 162 valence electrons. The normalized spacial score (nSPS) is 15.7. The lowest BCUT2D eigenvalue weighted by Crippen LogP contribution is -2.49. The van der Waals surface area contributed by atoms with Crippen LogP contribution in [0.1, 0.15) is 22.1 Å². The molecule has 0 radical (unpaired) electrons. The van der Waals surface area contributed by atoms with E-state index in [1.165, 1.54) is 0 Å². The Balaban J connectivity index is 1.65. The van der Waals surface area contributed by atoms with Gasteiger partial charge in [0.1, 0.15) is 17.5 Å². The Hall–Kier alpha value is -3.52. The van der Waals surface area contributed by atoms with Crippen molar-refractivity contribution in [1.82, 2.24) is 9.47 Å². The number of aryl methyl sites for hydroxylation is 1. The number of nitrogens with zero attached hydrogens (tertiary/aromatic N) is 3. The lowest BCUT2D eigenvalue weighted by Gasteiger charge is -2.39. The minimum absolute atomic E-state index is 0.0196. The van der Waals surface area contributed by atoms with Crippen LogP contribution in [0.2, 0.25) is 0 Å². The largest absolute Gasteiger partial charge is 0.497 e. The highest BCUT2D eigenvalue weighted by atomic mass is 16.5. The second-order valence-electron chi connectivity index (χ2n) is 7.61. The smallest absolute Gasteiger partial charge is 0.352 e. The summed E-state index contributed by atoms with van der Waals surface area (Å²) in [6.07, 6.45) is 0. The molecule has 0 unspecified atom stereocenters. The van der Waals surface area contributed by atoms with Crippen LogP contribution in [0.25, 0.3) is 10.9 Å². The number of carboxylic acids is 2. The Bertz CT molecular complexity index is 1110. The molecule has 0 spiro atoms. The standard InChI is InChI=1S/C23H25N3O5/c1-24-18-6-4-3-5-17(18)19(20(24)22(27)28)21(23(29)30)26-13-11-25(12-14-26)15-7-9-16(31-2)10-8-15/h3-10,21H,11-14H2,1-2H3,(H,27,28)(H,29,30)/t21-/m0/s1. The maximum absolute atomic E-state index is 12.4. The van der Waals surface area contributed by atoms with Gasteiger partial charge in [-0.15, -0.1) is 0 Å². The first-order valence-corrected chi connectivity index (χ1v) is 10.1. The fraction of sp³-hybridized carbons (Fsp3) is 0.304. The highest BCUT2D eigenvalue weighted by molar-refractivity contribution is 6.01. The fourth-order valence-corrected chi connectivity index (χ4v) is 4.45. The number of aromatic nitrogens is 1. The lowest BCUT2D eigenvalue weighted by molar-refractivity contribution is -0.143. The number of fused-ring (bicyclic) bond motifs is 1. The average Bonchev–Trinajstić information content (AvgIpc) is 3.07. The van der Waals surface area contributed by atoms with Crippen LogP contribution < -0.4 is 9.64 Å². The van der Waals surface area contributed by atoms with E-state index in [2.05, 4.69) is 4.90 Å². The van der Waals surface area contributed by atoms with Gasteiger partial charge in [0, 0.05) is 55.4 Å². The summed E-state index contributed by atoms with van der Waals surface area (Å²) in [7, 11) is 3.29. The zero-order valence-corrected chi connectivity index (χ0v) is 17.5. The van der Waals surface area contributed by atoms with E-state index in [4.69, 9.17) is 4.74 Å². The third-order valence-corrected chi connectivity index (χ3v) is 5.97. The summed E-state index contributed by atoms with van der Waals surface area (Å²) < 4.78 is 6.77. The molecule has 1 aromatic heterocycles. The number of carboxylic acid groups (broad SMARTS) is 2. The summed E-state index contributed by atoms with van der Waals surface area (Å²) in [5.41, 5.74) is 2.11. The second kappa shape index (κ2) is 8.31. The molecule has 1 atom stereocenters. The highest BCUT2D eigenvalue weighted by Gasteiger charge is 2.36. The van der Waals surface area contributed by atoms with Crippen LogP contribution in [0.15, 0.2) is 48.5 Å². The Kier molecular flexibility index (Phi) is 5.56. The predicted octanol–water partition coefficient (Wildman–Crippen LogP) is 2.83. The summed E-state index contributed by atoms with van der Waals surface area (Å²) in [6.45, 7) is 2.29. The maximum atomic E-state index is 12.4. The molecule has 2 aromatic carbocycles. The van der Waals surface area contributed by atoms with Gasteiger partial charge < -0.3 is 24.4 Å². The minimum Gasteiger partial charge on any atom is -0.497 e. The van der Waals surface area contributed by atoms with E-state index in [1.54, 1.807) is 30.9 Å². The van der Waals surface area contributed by atoms with Crippen LogP contribution in [0.4, 0.5) is 5.69 Å². The van der Waals surface area contributed by atoms with Crippen molar-refractivity contribution in [3.05, 3.63) is 59.8 Å². The molecular weight excluding hydrogens is 398 g/mol. The first-order chi connectivity index (χ1) is 14.9. The number of aromatic carboxylic acids is 1. The van der Waals surface area contributed by atoms with Gasteiger partial charge in [0.15, 0.2) is 0 Å². The third-order valence-electron chi connectivity index (χ3n) is 5.97. The number of methoxy groups -OCH3 is 1. The Morgan fingerprint density at radius 1 is 0.968 bits per heavy atom. The number of hydrogen-bond acceptors (Lipinski definition) is 5. The fourth-order valence-electron chi connectivity index (χ4n) is 4.45. The van der Waals surface area contributed by atoms with E-state index in [1.807, 2.05) is 41.3 Å². The molecule has 0 aliphatic carbocycles. The zero-order valence-electron chi connectivity index (χ0n) is 17.5. The topological polar surface area (TPSA) is 95.2 Å². The molecule has 31 heavy (non-hydrogen) atoms. The monoisotopic (exact) mass is 423 g/mol. The van der Waals surface area contributed by atoms with Crippen LogP contribution >= 0.6 is 0 Å². The van der Waals surface area contributed by atoms with Gasteiger partial charge in [-0.3, -0.25) is 9.69 Å². The van der Waals surface area contributed by atoms with Crippen molar-refractivity contribution < 1.29 is 24.5 Å². The predicted molar refractivity (Wildman–Crippen MR) is 117 cm³/mol. The van der Waals surface area contributed by atoms with Crippen molar-refractivity contribution in [2.75, 3.05) is 38.2 Å². The van der Waals surface area contributed by atoms with Crippen LogP contribution in [-0.2, 0) is 11.8 Å². The molecule has 4 rings (SSSR count). The van der Waals surface area contributed by atoms with E-state index in [0.717, 1.165) is 11.4 Å². The number of hydrogen-bond donors (Lipinski definition) is 2. The SMILES string of the molecule is COc1ccc(N2CCN([C@H](C(=O)O)c3c(C(=O)O)n(C)c4ccccc34)CC2)cc1. The number of piperazine rings is 1. The number of benzene rings is 2. The number of para-hydroxylation sites is 1. The van der Waals surface area contributed by atoms with Gasteiger partial charge in [0.2, 0.25) is 0 Å². The van der Waals surface area contributed by atoms with Crippen LogP contribution in [0.3, 0.4) is 0 Å². The lowest BCUT2D eigenvalue weighted by atomic mass is 10.00. The molecule has 8 nitrogen and oxygen atoms in total. The molecule has 0 bridgehead atoms. The molecule has 1 saturated heterocycles. The Morgan fingerprint density at radius 3 is 2.19 bits per heavy atom. The zero-order chi connectivity index (χ0) is 22.1. The molecule has 1 fully saturated rings. The highest BCUT2D eigenvalue weighted by Crippen LogP contribution is 2.35. The molecule has 1 aliphatic heterocycles. The van der Waals surface area contributed by atoms with E-state index < -0.39 is 18.0 Å². The van der Waals surface area contributed by atoms with Gasteiger partial charge in [-0.1, -0.05) is 18.2 Å². The third kappa shape index (κ3) is 3.70. The van der Waals surface area contributed by atoms with E-state index in [9.17, 15) is 19.8 Å². The van der Waals surface area contributed by atoms with Gasteiger partial charge >= 0.3 is 11.9 Å². The number of ether oxygens (including phenoxy) is 1. The number of carbonyl (C=O) groups is 2. The summed E-state index contributed by atoms with van der Waals surface area (Å²) in [4.78, 5) is 28.5. The van der Waals surface area contributed by atoms with Crippen molar-refractivity contribution in [1.29, 1.82) is 0 Å². The molecule has 1 aliphatic rings. The minimum atomic E-state index is -1.13. The summed E-state index contributed by atoms with van der Waals surface area (Å²) in [6, 6.07) is 14.0. The summed E-state index contributed by atoms with van der Waals surface area (Å²) in [5.74, 6) is -1.39. The van der Waals surface area contributed by atoms with Crippen molar-refractivity contribution in [3.63, 3.8) is 0 Å². The van der Waals surface area contributed by atoms with Crippen LogP contribution in [-0.4, -0.2) is 64.9 Å². The van der Waals surface area contributed by atoms with E-state index in [0.29, 0.717) is 42.6 Å². The molecule has 2 N–H and O–H groups in total. The quantitative estimate of drug-likeness (QED) is 0.629. The molecule has 2 heterocycles. The number of anilines is 1. The summed E-state index contributed by atoms with van der Waals surface area (Å²) >= 11 is 0. The Labute approximate surface area is 179 Å². The van der Waals surface area contributed by atoms with Crippen molar-refractivity contribution >= 4 is 28.5 Å². The van der Waals surface area contributed by atoms with Gasteiger partial charge in [-0.25, -0.2) is 4.79 Å². The van der Waals surface area contributed by atoms with E-state index in [-0.39, 0.29) is 5.69 Å². The van der Waals surface area contributed by atoms with Crippen molar-refractivity contribution in [2.45, 2.75) is 6.04 Å².